The first-order valence-corrected chi connectivity index (χ1v) is 4.79. The number of nitrogens with one attached hydrogen (secondary N) is 1. The van der Waals surface area contributed by atoms with E-state index in [9.17, 15) is 4.79 Å². The van der Waals surface area contributed by atoms with Crippen LogP contribution < -0.4 is 5.32 Å². The van der Waals surface area contributed by atoms with E-state index in [2.05, 4.69) is 14.7 Å². The van der Waals surface area contributed by atoms with E-state index in [1.54, 1.807) is 6.92 Å². The van der Waals surface area contributed by atoms with Crippen molar-refractivity contribution in [3.8, 4) is 0 Å². The first-order valence-electron chi connectivity index (χ1n) is 4.01. The number of carbonyl (C=O) groups is 1. The van der Waals surface area contributed by atoms with E-state index in [-0.39, 0.29) is 11.3 Å². The zero-order valence-electron chi connectivity index (χ0n) is 8.21. The standard InChI is InChI=1S/C8H13N3OS/c1-5-9-7(13-11-5)10-6(12)8(2,3)4/h1-4H3,(H,9,10,11,12). The largest absolute Gasteiger partial charge is 0.300 e. The molecule has 1 heterocycles. The Hall–Kier alpha value is -0.970. The molecular formula is C8H13N3OS. The number of hydrogen-bond donors (Lipinski definition) is 1. The minimum atomic E-state index is -0.389. The normalized spacial score (nSPS) is 11.4. The third kappa shape index (κ3) is 2.77. The fraction of sp³-hybridized carbons (Fsp3) is 0.625. The van der Waals surface area contributed by atoms with Gasteiger partial charge in [-0.05, 0) is 6.92 Å². The number of aryl methyl sites for hydroxylation is 1. The van der Waals surface area contributed by atoms with Crippen LogP contribution in [0.3, 0.4) is 0 Å². The molecule has 1 aromatic heterocycles. The van der Waals surface area contributed by atoms with E-state index in [1.807, 2.05) is 20.8 Å². The summed E-state index contributed by atoms with van der Waals surface area (Å²) in [6, 6.07) is 0. The lowest BCUT2D eigenvalue weighted by molar-refractivity contribution is -0.123. The van der Waals surface area contributed by atoms with Crippen LogP contribution in [0.2, 0.25) is 0 Å². The average molecular weight is 199 g/mol. The van der Waals surface area contributed by atoms with Crippen LogP contribution in [0.1, 0.15) is 26.6 Å². The van der Waals surface area contributed by atoms with Crippen LogP contribution in [-0.4, -0.2) is 15.3 Å². The van der Waals surface area contributed by atoms with Crippen LogP contribution in [0.15, 0.2) is 0 Å². The highest BCUT2D eigenvalue weighted by Crippen LogP contribution is 2.18. The average Bonchev–Trinajstić information content (AvgIpc) is 2.33. The molecule has 0 aliphatic heterocycles. The fourth-order valence-corrected chi connectivity index (χ4v) is 1.20. The van der Waals surface area contributed by atoms with Crippen molar-refractivity contribution in [2.24, 2.45) is 5.41 Å². The molecule has 0 radical (unpaired) electrons. The molecule has 1 amide bonds. The Morgan fingerprint density at radius 2 is 2.08 bits per heavy atom. The molecule has 72 valence electrons. The van der Waals surface area contributed by atoms with Crippen LogP contribution in [-0.2, 0) is 4.79 Å². The molecule has 0 bridgehead atoms. The van der Waals surface area contributed by atoms with Crippen LogP contribution in [0, 0.1) is 12.3 Å². The summed E-state index contributed by atoms with van der Waals surface area (Å²) < 4.78 is 3.97. The third-order valence-corrected chi connectivity index (χ3v) is 2.15. The van der Waals surface area contributed by atoms with Gasteiger partial charge in [0.05, 0.1) is 0 Å². The molecule has 0 atom stereocenters. The molecule has 1 rings (SSSR count). The van der Waals surface area contributed by atoms with E-state index in [0.717, 1.165) is 0 Å². The molecule has 5 heteroatoms. The first-order chi connectivity index (χ1) is 5.89. The summed E-state index contributed by atoms with van der Waals surface area (Å²) in [7, 11) is 0. The van der Waals surface area contributed by atoms with E-state index in [4.69, 9.17) is 0 Å². The predicted molar refractivity (Wildman–Crippen MR) is 52.7 cm³/mol. The van der Waals surface area contributed by atoms with Crippen molar-refractivity contribution >= 4 is 22.6 Å². The number of rotatable bonds is 1. The first kappa shape index (κ1) is 10.1. The van der Waals surface area contributed by atoms with Gasteiger partial charge in [-0.1, -0.05) is 20.8 Å². The van der Waals surface area contributed by atoms with Gasteiger partial charge in [-0.15, -0.1) is 0 Å². The highest BCUT2D eigenvalue weighted by molar-refractivity contribution is 7.09. The van der Waals surface area contributed by atoms with Crippen molar-refractivity contribution in [1.29, 1.82) is 0 Å². The Balaban J connectivity index is 2.65. The maximum atomic E-state index is 11.5. The van der Waals surface area contributed by atoms with Crippen molar-refractivity contribution < 1.29 is 4.79 Å². The number of anilines is 1. The number of hydrogen-bond acceptors (Lipinski definition) is 4. The number of carbonyl (C=O) groups excluding carboxylic acids is 1. The van der Waals surface area contributed by atoms with Crippen LogP contribution in [0.4, 0.5) is 5.13 Å². The maximum absolute atomic E-state index is 11.5. The second-order valence-corrected chi connectivity index (χ2v) is 4.60. The molecule has 13 heavy (non-hydrogen) atoms. The Bertz CT molecular complexity index is 313. The quantitative estimate of drug-likeness (QED) is 0.750. The number of aromatic nitrogens is 2. The van der Waals surface area contributed by atoms with Crippen molar-refractivity contribution in [2.45, 2.75) is 27.7 Å². The zero-order valence-corrected chi connectivity index (χ0v) is 9.03. The molecule has 0 unspecified atom stereocenters. The predicted octanol–water partition coefficient (Wildman–Crippen LogP) is 1.83. The van der Waals surface area contributed by atoms with Crippen molar-refractivity contribution in [3.63, 3.8) is 0 Å². The Morgan fingerprint density at radius 1 is 1.46 bits per heavy atom. The van der Waals surface area contributed by atoms with Gasteiger partial charge in [-0.25, -0.2) is 4.98 Å². The number of nitrogens with zero attached hydrogens (tertiary/aromatic N) is 2. The number of amides is 1. The smallest absolute Gasteiger partial charge is 0.231 e. The summed E-state index contributed by atoms with van der Waals surface area (Å²) in [6.07, 6.45) is 0. The highest BCUT2D eigenvalue weighted by atomic mass is 32.1. The third-order valence-electron chi connectivity index (χ3n) is 1.43. The molecule has 1 N–H and O–H groups in total. The second kappa shape index (κ2) is 3.41. The van der Waals surface area contributed by atoms with Crippen molar-refractivity contribution in [2.75, 3.05) is 5.32 Å². The van der Waals surface area contributed by atoms with Gasteiger partial charge in [0.2, 0.25) is 11.0 Å². The van der Waals surface area contributed by atoms with E-state index < -0.39 is 0 Å². The van der Waals surface area contributed by atoms with Crippen LogP contribution in [0.25, 0.3) is 0 Å². The van der Waals surface area contributed by atoms with Gasteiger partial charge in [-0.2, -0.15) is 4.37 Å². The van der Waals surface area contributed by atoms with E-state index in [0.29, 0.717) is 11.0 Å². The lowest BCUT2D eigenvalue weighted by Gasteiger charge is -2.15. The second-order valence-electron chi connectivity index (χ2n) is 3.85. The lowest BCUT2D eigenvalue weighted by atomic mass is 9.96. The minimum Gasteiger partial charge on any atom is -0.300 e. The minimum absolute atomic E-state index is 0.0383. The molecular weight excluding hydrogens is 186 g/mol. The molecule has 0 saturated carbocycles. The van der Waals surface area contributed by atoms with Gasteiger partial charge in [0, 0.05) is 16.9 Å². The molecule has 4 nitrogen and oxygen atoms in total. The van der Waals surface area contributed by atoms with Gasteiger partial charge < -0.3 is 5.32 Å². The Labute approximate surface area is 81.6 Å². The fourth-order valence-electron chi connectivity index (χ4n) is 0.632. The SMILES string of the molecule is Cc1nsc(NC(=O)C(C)(C)C)n1. The molecule has 1 aromatic rings. The van der Waals surface area contributed by atoms with Gasteiger partial charge in [0.1, 0.15) is 5.82 Å². The highest BCUT2D eigenvalue weighted by Gasteiger charge is 2.22. The monoisotopic (exact) mass is 199 g/mol. The van der Waals surface area contributed by atoms with Gasteiger partial charge >= 0.3 is 0 Å². The van der Waals surface area contributed by atoms with Crippen molar-refractivity contribution in [1.82, 2.24) is 9.36 Å². The zero-order chi connectivity index (χ0) is 10.1. The maximum Gasteiger partial charge on any atom is 0.231 e. The van der Waals surface area contributed by atoms with Crippen molar-refractivity contribution in [3.05, 3.63) is 5.82 Å². The van der Waals surface area contributed by atoms with Crippen LogP contribution >= 0.6 is 11.5 Å². The molecule has 0 aliphatic carbocycles. The molecule has 0 saturated heterocycles. The lowest BCUT2D eigenvalue weighted by Crippen LogP contribution is -2.27. The summed E-state index contributed by atoms with van der Waals surface area (Å²) in [5, 5.41) is 3.28. The summed E-state index contributed by atoms with van der Waals surface area (Å²) in [5.74, 6) is 0.651. The summed E-state index contributed by atoms with van der Waals surface area (Å²) >= 11 is 1.20. The van der Waals surface area contributed by atoms with Gasteiger partial charge in [0.25, 0.3) is 0 Å². The molecule has 0 fully saturated rings. The summed E-state index contributed by atoms with van der Waals surface area (Å²) in [5.41, 5.74) is -0.389. The Kier molecular flexibility index (Phi) is 2.66. The molecule has 0 spiro atoms. The van der Waals surface area contributed by atoms with E-state index in [1.165, 1.54) is 11.5 Å². The topological polar surface area (TPSA) is 54.9 Å². The van der Waals surface area contributed by atoms with Crippen LogP contribution in [0.5, 0.6) is 0 Å². The Morgan fingerprint density at radius 3 is 2.46 bits per heavy atom. The molecule has 0 aromatic carbocycles. The summed E-state index contributed by atoms with van der Waals surface area (Å²) in [6.45, 7) is 7.37. The summed E-state index contributed by atoms with van der Waals surface area (Å²) in [4.78, 5) is 15.5. The van der Waals surface area contributed by atoms with Gasteiger partial charge in [-0.3, -0.25) is 4.79 Å². The van der Waals surface area contributed by atoms with E-state index >= 15 is 0 Å². The van der Waals surface area contributed by atoms with Gasteiger partial charge in [0.15, 0.2) is 0 Å². The molecule has 0 aliphatic rings.